The molecular formula is C19H19ClN4O3S2. The van der Waals surface area contributed by atoms with Gasteiger partial charge in [-0.05, 0) is 57.4 Å². The van der Waals surface area contributed by atoms with E-state index in [1.807, 2.05) is 26.2 Å². The minimum Gasteiger partial charge on any atom is -0.309 e. The molecule has 0 radical (unpaired) electrons. The summed E-state index contributed by atoms with van der Waals surface area (Å²) in [6.07, 6.45) is 3.82. The molecule has 0 aliphatic rings. The summed E-state index contributed by atoms with van der Waals surface area (Å²) in [6, 6.07) is 8.50. The Morgan fingerprint density at radius 1 is 1.24 bits per heavy atom. The molecule has 1 amide bonds. The standard InChI is InChI=1S/C19H19ClN4O3S2/c1-22(2)10-3-11-23(19-21-15-7-4-13(20)12-16(15)29-19)17(25)8-5-14-6-9-18(28-14)24(26)27/h4-9,12H,3,10-11H2,1-2H3/b8-5+. The maximum absolute atomic E-state index is 12.9. The number of amides is 1. The highest BCUT2D eigenvalue weighted by Gasteiger charge is 2.18. The SMILES string of the molecule is CN(C)CCCN(C(=O)/C=C/c1ccc([N+](=O)[O-])s1)c1nc2ccc(Cl)cc2s1. The Labute approximate surface area is 181 Å². The fourth-order valence-electron chi connectivity index (χ4n) is 2.62. The van der Waals surface area contributed by atoms with Crippen LogP contribution in [0.15, 0.2) is 36.4 Å². The number of hydrogen-bond donors (Lipinski definition) is 0. The minimum absolute atomic E-state index is 0.0444. The third-order valence-corrected chi connectivity index (χ3v) is 6.28. The summed E-state index contributed by atoms with van der Waals surface area (Å²) in [5.41, 5.74) is 0.790. The van der Waals surface area contributed by atoms with E-state index in [0.29, 0.717) is 21.6 Å². The lowest BCUT2D eigenvalue weighted by atomic mass is 10.3. The predicted molar refractivity (Wildman–Crippen MR) is 120 cm³/mol. The van der Waals surface area contributed by atoms with Crippen molar-refractivity contribution in [3.63, 3.8) is 0 Å². The number of rotatable bonds is 8. The third kappa shape index (κ3) is 5.60. The first-order valence-electron chi connectivity index (χ1n) is 8.78. The highest BCUT2D eigenvalue weighted by Crippen LogP contribution is 2.31. The summed E-state index contributed by atoms with van der Waals surface area (Å²) in [5.74, 6) is -0.218. The molecular weight excluding hydrogens is 432 g/mol. The van der Waals surface area contributed by atoms with Gasteiger partial charge in [0.15, 0.2) is 5.13 Å². The highest BCUT2D eigenvalue weighted by molar-refractivity contribution is 7.22. The smallest absolute Gasteiger partial charge is 0.309 e. The number of carbonyl (C=O) groups excluding carboxylic acids is 1. The van der Waals surface area contributed by atoms with E-state index in [1.165, 1.54) is 23.5 Å². The fraction of sp³-hybridized carbons (Fsp3) is 0.263. The van der Waals surface area contributed by atoms with Crippen molar-refractivity contribution in [3.05, 3.63) is 56.4 Å². The van der Waals surface area contributed by atoms with Crippen LogP contribution in [-0.4, -0.2) is 47.9 Å². The van der Waals surface area contributed by atoms with E-state index < -0.39 is 4.92 Å². The molecule has 0 unspecified atom stereocenters. The van der Waals surface area contributed by atoms with Gasteiger partial charge in [-0.25, -0.2) is 4.98 Å². The van der Waals surface area contributed by atoms with Crippen LogP contribution in [0.4, 0.5) is 10.1 Å². The summed E-state index contributed by atoms with van der Waals surface area (Å²) in [6.45, 7) is 1.35. The van der Waals surface area contributed by atoms with Gasteiger partial charge in [-0.1, -0.05) is 34.3 Å². The number of aromatic nitrogens is 1. The molecule has 0 saturated carbocycles. The van der Waals surface area contributed by atoms with Crippen LogP contribution in [0.25, 0.3) is 16.3 Å². The molecule has 0 atom stereocenters. The van der Waals surface area contributed by atoms with Gasteiger partial charge in [0.05, 0.1) is 15.1 Å². The molecule has 10 heteroatoms. The van der Waals surface area contributed by atoms with Crippen LogP contribution >= 0.6 is 34.3 Å². The second-order valence-corrected chi connectivity index (χ2v) is 9.06. The van der Waals surface area contributed by atoms with E-state index in [4.69, 9.17) is 11.6 Å². The average Bonchev–Trinajstić information content (AvgIpc) is 3.29. The predicted octanol–water partition coefficient (Wildman–Crippen LogP) is 4.92. The van der Waals surface area contributed by atoms with Gasteiger partial charge in [0, 0.05) is 28.6 Å². The highest BCUT2D eigenvalue weighted by atomic mass is 35.5. The number of benzene rings is 1. The number of thiophene rings is 1. The number of thiazole rings is 1. The van der Waals surface area contributed by atoms with E-state index in [2.05, 4.69) is 9.88 Å². The lowest BCUT2D eigenvalue weighted by Crippen LogP contribution is -2.32. The molecule has 152 valence electrons. The van der Waals surface area contributed by atoms with Gasteiger partial charge in [-0.2, -0.15) is 0 Å². The monoisotopic (exact) mass is 450 g/mol. The number of nitro groups is 1. The van der Waals surface area contributed by atoms with Crippen molar-refractivity contribution in [2.45, 2.75) is 6.42 Å². The van der Waals surface area contributed by atoms with Crippen LogP contribution in [-0.2, 0) is 4.79 Å². The normalized spacial score (nSPS) is 11.6. The van der Waals surface area contributed by atoms with Crippen molar-refractivity contribution in [2.75, 3.05) is 32.1 Å². The van der Waals surface area contributed by atoms with Gasteiger partial charge in [0.2, 0.25) is 0 Å². The first-order chi connectivity index (χ1) is 13.8. The molecule has 3 aromatic rings. The number of fused-ring (bicyclic) bond motifs is 1. The number of halogens is 1. The molecule has 0 fully saturated rings. The Balaban J connectivity index is 1.83. The Morgan fingerprint density at radius 2 is 2.03 bits per heavy atom. The third-order valence-electron chi connectivity index (χ3n) is 4.01. The molecule has 2 aromatic heterocycles. The molecule has 29 heavy (non-hydrogen) atoms. The Bertz CT molecular complexity index is 1060. The maximum atomic E-state index is 12.9. The largest absolute Gasteiger partial charge is 0.324 e. The van der Waals surface area contributed by atoms with Gasteiger partial charge in [-0.15, -0.1) is 0 Å². The second-order valence-electron chi connectivity index (χ2n) is 6.52. The van der Waals surface area contributed by atoms with Crippen LogP contribution in [0.3, 0.4) is 0 Å². The maximum Gasteiger partial charge on any atom is 0.324 e. The van der Waals surface area contributed by atoms with Crippen LogP contribution in [0.5, 0.6) is 0 Å². The van der Waals surface area contributed by atoms with E-state index in [9.17, 15) is 14.9 Å². The lowest BCUT2D eigenvalue weighted by molar-refractivity contribution is -0.380. The van der Waals surface area contributed by atoms with Crippen molar-refractivity contribution < 1.29 is 9.72 Å². The average molecular weight is 451 g/mol. The minimum atomic E-state index is -0.441. The molecule has 0 spiro atoms. The molecule has 3 rings (SSSR count). The summed E-state index contributed by atoms with van der Waals surface area (Å²) in [7, 11) is 3.96. The molecule has 2 heterocycles. The topological polar surface area (TPSA) is 79.6 Å². The van der Waals surface area contributed by atoms with E-state index in [1.54, 1.807) is 23.1 Å². The number of anilines is 1. The molecule has 0 saturated heterocycles. The number of hydrogen-bond acceptors (Lipinski definition) is 7. The molecule has 0 bridgehead atoms. The zero-order valence-corrected chi connectivity index (χ0v) is 18.3. The fourth-order valence-corrected chi connectivity index (χ4v) is 4.62. The summed E-state index contributed by atoms with van der Waals surface area (Å²) >= 11 is 8.50. The van der Waals surface area contributed by atoms with E-state index in [0.717, 1.165) is 34.5 Å². The second kappa shape index (κ2) is 9.45. The first-order valence-corrected chi connectivity index (χ1v) is 10.8. The zero-order valence-electron chi connectivity index (χ0n) is 15.9. The molecule has 0 N–H and O–H groups in total. The van der Waals surface area contributed by atoms with Gasteiger partial charge >= 0.3 is 5.00 Å². The quantitative estimate of drug-likeness (QED) is 0.276. The Hall–Kier alpha value is -2.33. The van der Waals surface area contributed by atoms with Gasteiger partial charge in [0.25, 0.3) is 5.91 Å². The number of carbonyl (C=O) groups is 1. The summed E-state index contributed by atoms with van der Waals surface area (Å²) in [5, 5.41) is 12.1. The number of nitrogens with zero attached hydrogens (tertiary/aromatic N) is 4. The van der Waals surface area contributed by atoms with Crippen LogP contribution < -0.4 is 4.90 Å². The Kier molecular flexibility index (Phi) is 6.96. The molecule has 1 aromatic carbocycles. The van der Waals surface area contributed by atoms with Gasteiger partial charge in [0.1, 0.15) is 0 Å². The molecule has 0 aliphatic carbocycles. The van der Waals surface area contributed by atoms with Gasteiger partial charge < -0.3 is 4.90 Å². The van der Waals surface area contributed by atoms with Crippen molar-refractivity contribution in [1.29, 1.82) is 0 Å². The first kappa shape index (κ1) is 21.4. The molecule has 7 nitrogen and oxygen atoms in total. The van der Waals surface area contributed by atoms with Crippen molar-refractivity contribution in [1.82, 2.24) is 9.88 Å². The Morgan fingerprint density at radius 3 is 2.72 bits per heavy atom. The summed E-state index contributed by atoms with van der Waals surface area (Å²) < 4.78 is 0.913. The van der Waals surface area contributed by atoms with Crippen molar-refractivity contribution in [2.24, 2.45) is 0 Å². The van der Waals surface area contributed by atoms with E-state index >= 15 is 0 Å². The zero-order chi connectivity index (χ0) is 21.0. The van der Waals surface area contributed by atoms with Crippen LogP contribution in [0.1, 0.15) is 11.3 Å². The van der Waals surface area contributed by atoms with Gasteiger partial charge in [-0.3, -0.25) is 19.8 Å². The lowest BCUT2D eigenvalue weighted by Gasteiger charge is -2.19. The van der Waals surface area contributed by atoms with E-state index in [-0.39, 0.29) is 10.9 Å². The van der Waals surface area contributed by atoms with Crippen molar-refractivity contribution in [3.8, 4) is 0 Å². The summed E-state index contributed by atoms with van der Waals surface area (Å²) in [4.78, 5) is 32.2. The molecule has 0 aliphatic heterocycles. The van der Waals surface area contributed by atoms with Crippen molar-refractivity contribution >= 4 is 66.6 Å². The van der Waals surface area contributed by atoms with Crippen LogP contribution in [0, 0.1) is 10.1 Å². The van der Waals surface area contributed by atoms with Crippen LogP contribution in [0.2, 0.25) is 5.02 Å².